The van der Waals surface area contributed by atoms with Crippen molar-refractivity contribution in [3.8, 4) is 0 Å². The van der Waals surface area contributed by atoms with Crippen LogP contribution in [0.15, 0.2) is 4.99 Å². The molecule has 76 valence electrons. The van der Waals surface area contributed by atoms with Gasteiger partial charge in [0.25, 0.3) is 0 Å². The van der Waals surface area contributed by atoms with Crippen molar-refractivity contribution in [2.24, 2.45) is 16.5 Å². The number of nitrogens with zero attached hydrogens (tertiary/aromatic N) is 2. The van der Waals surface area contributed by atoms with E-state index in [4.69, 9.17) is 16.9 Å². The fourth-order valence-corrected chi connectivity index (χ4v) is 1.08. The van der Waals surface area contributed by atoms with Crippen molar-refractivity contribution >= 4 is 11.9 Å². The fourth-order valence-electron chi connectivity index (χ4n) is 1.08. The third-order valence-electron chi connectivity index (χ3n) is 1.97. The quantitative estimate of drug-likeness (QED) is 0.436. The number of hydrogen-bond donors (Lipinski definition) is 3. The molecule has 0 saturated carbocycles. The predicted octanol–water partition coefficient (Wildman–Crippen LogP) is 0.315. The number of aliphatic imine (C=N–C) groups is 1. The molecule has 0 rings (SSSR count). The van der Waals surface area contributed by atoms with E-state index in [0.717, 1.165) is 13.0 Å². The van der Waals surface area contributed by atoms with Crippen LogP contribution in [0, 0.1) is 5.41 Å². The molecule has 5 heteroatoms. The van der Waals surface area contributed by atoms with E-state index in [1.54, 1.807) is 0 Å². The van der Waals surface area contributed by atoms with Gasteiger partial charge in [0.1, 0.15) is 0 Å². The summed E-state index contributed by atoms with van der Waals surface area (Å²) in [6, 6.07) is 0.292. The largest absolute Gasteiger partial charge is 0.370 e. The lowest BCUT2D eigenvalue weighted by atomic mass is 10.2. The molecule has 1 atom stereocenters. The number of hydrogen-bond acceptors (Lipinski definition) is 1. The molecule has 0 bridgehead atoms. The van der Waals surface area contributed by atoms with Crippen LogP contribution in [-0.2, 0) is 0 Å². The van der Waals surface area contributed by atoms with Gasteiger partial charge in [0.05, 0.1) is 0 Å². The van der Waals surface area contributed by atoms with Gasteiger partial charge >= 0.3 is 0 Å². The van der Waals surface area contributed by atoms with E-state index in [9.17, 15) is 0 Å². The van der Waals surface area contributed by atoms with Crippen LogP contribution in [0.3, 0.4) is 0 Å². The fraction of sp³-hybridized carbons (Fsp3) is 0.750. The summed E-state index contributed by atoms with van der Waals surface area (Å²) >= 11 is 0. The molecule has 0 aromatic heterocycles. The van der Waals surface area contributed by atoms with Crippen LogP contribution >= 0.6 is 0 Å². The minimum absolute atomic E-state index is 0.0632. The van der Waals surface area contributed by atoms with Gasteiger partial charge in [0.2, 0.25) is 5.96 Å². The summed E-state index contributed by atoms with van der Waals surface area (Å²) in [5.74, 6) is 0.0728. The van der Waals surface area contributed by atoms with E-state index >= 15 is 0 Å². The smallest absolute Gasteiger partial charge is 0.221 e. The van der Waals surface area contributed by atoms with E-state index in [2.05, 4.69) is 11.9 Å². The monoisotopic (exact) mass is 185 g/mol. The van der Waals surface area contributed by atoms with Crippen LogP contribution in [0.2, 0.25) is 0 Å². The van der Waals surface area contributed by atoms with Crippen molar-refractivity contribution in [1.82, 2.24) is 4.90 Å². The van der Waals surface area contributed by atoms with Crippen LogP contribution < -0.4 is 11.5 Å². The van der Waals surface area contributed by atoms with Crippen LogP contribution in [0.4, 0.5) is 0 Å². The molecule has 5 nitrogen and oxygen atoms in total. The first-order valence-corrected chi connectivity index (χ1v) is 4.47. The van der Waals surface area contributed by atoms with Crippen molar-refractivity contribution in [2.45, 2.75) is 33.2 Å². The van der Waals surface area contributed by atoms with Crippen molar-refractivity contribution in [2.75, 3.05) is 6.54 Å². The Morgan fingerprint density at radius 1 is 1.46 bits per heavy atom. The average Bonchev–Trinajstić information content (AvgIpc) is 2.03. The van der Waals surface area contributed by atoms with E-state index in [0.29, 0.717) is 6.04 Å². The first kappa shape index (κ1) is 11.7. The molecule has 0 aromatic carbocycles. The molecule has 0 heterocycles. The van der Waals surface area contributed by atoms with Crippen LogP contribution in [-0.4, -0.2) is 29.4 Å². The number of guanidine groups is 2. The van der Waals surface area contributed by atoms with Crippen molar-refractivity contribution in [3.63, 3.8) is 0 Å². The Balaban J connectivity index is 4.41. The van der Waals surface area contributed by atoms with E-state index < -0.39 is 0 Å². The highest BCUT2D eigenvalue weighted by molar-refractivity contribution is 5.91. The second kappa shape index (κ2) is 5.40. The number of nitrogens with one attached hydrogen (secondary N) is 1. The Bertz CT molecular complexity index is 195. The minimum Gasteiger partial charge on any atom is -0.370 e. The van der Waals surface area contributed by atoms with Crippen molar-refractivity contribution < 1.29 is 0 Å². The summed E-state index contributed by atoms with van der Waals surface area (Å²) < 4.78 is 0. The molecule has 0 spiro atoms. The zero-order chi connectivity index (χ0) is 10.4. The minimum atomic E-state index is -0.0632. The molecule has 0 aliphatic heterocycles. The Morgan fingerprint density at radius 3 is 2.31 bits per heavy atom. The average molecular weight is 185 g/mol. The predicted molar refractivity (Wildman–Crippen MR) is 55.7 cm³/mol. The van der Waals surface area contributed by atoms with Gasteiger partial charge in [-0.3, -0.25) is 5.41 Å². The molecule has 0 amide bonds. The molecule has 0 radical (unpaired) electrons. The van der Waals surface area contributed by atoms with E-state index in [-0.39, 0.29) is 11.9 Å². The van der Waals surface area contributed by atoms with Crippen LogP contribution in [0.25, 0.3) is 0 Å². The summed E-state index contributed by atoms with van der Waals surface area (Å²) in [6.07, 6.45) is 0.968. The van der Waals surface area contributed by atoms with E-state index in [1.165, 1.54) is 0 Å². The van der Waals surface area contributed by atoms with Gasteiger partial charge in [-0.15, -0.1) is 0 Å². The lowest BCUT2D eigenvalue weighted by Gasteiger charge is -2.27. The first-order chi connectivity index (χ1) is 6.02. The van der Waals surface area contributed by atoms with Crippen molar-refractivity contribution in [1.29, 1.82) is 5.41 Å². The number of nitrogens with two attached hydrogens (primary N) is 2. The maximum absolute atomic E-state index is 7.59. The maximum atomic E-state index is 7.59. The second-order valence-corrected chi connectivity index (χ2v) is 2.90. The molecule has 0 aromatic rings. The van der Waals surface area contributed by atoms with Crippen molar-refractivity contribution in [3.05, 3.63) is 0 Å². The summed E-state index contributed by atoms with van der Waals surface area (Å²) in [6.45, 7) is 6.82. The molecule has 0 aliphatic carbocycles. The van der Waals surface area contributed by atoms with Crippen LogP contribution in [0.5, 0.6) is 0 Å². The van der Waals surface area contributed by atoms with Gasteiger partial charge < -0.3 is 16.4 Å². The topological polar surface area (TPSA) is 91.5 Å². The zero-order valence-corrected chi connectivity index (χ0v) is 8.54. The van der Waals surface area contributed by atoms with Gasteiger partial charge in [0.15, 0.2) is 5.96 Å². The number of rotatable bonds is 3. The third-order valence-corrected chi connectivity index (χ3v) is 1.97. The lowest BCUT2D eigenvalue weighted by molar-refractivity contribution is 0.331. The van der Waals surface area contributed by atoms with Gasteiger partial charge in [-0.1, -0.05) is 6.92 Å². The third kappa shape index (κ3) is 3.78. The molecule has 13 heavy (non-hydrogen) atoms. The molecule has 0 aliphatic rings. The van der Waals surface area contributed by atoms with Gasteiger partial charge in [0, 0.05) is 12.6 Å². The Labute approximate surface area is 79.3 Å². The lowest BCUT2D eigenvalue weighted by Crippen LogP contribution is -2.38. The van der Waals surface area contributed by atoms with Crippen LogP contribution in [0.1, 0.15) is 27.2 Å². The highest BCUT2D eigenvalue weighted by Gasteiger charge is 2.12. The summed E-state index contributed by atoms with van der Waals surface area (Å²) in [5, 5.41) is 7.59. The molecular formula is C8H19N5. The van der Waals surface area contributed by atoms with Gasteiger partial charge in [-0.2, -0.15) is 4.99 Å². The zero-order valence-electron chi connectivity index (χ0n) is 8.54. The second-order valence-electron chi connectivity index (χ2n) is 2.90. The van der Waals surface area contributed by atoms with E-state index in [1.807, 2.05) is 18.7 Å². The molecular weight excluding hydrogens is 166 g/mol. The molecule has 1 unspecified atom stereocenters. The normalized spacial score (nSPS) is 11.9. The van der Waals surface area contributed by atoms with Gasteiger partial charge in [-0.25, -0.2) is 0 Å². The summed E-state index contributed by atoms with van der Waals surface area (Å²) in [7, 11) is 0. The standard InChI is InChI=1S/C8H19N5/c1-4-6(3)13(5-2)8(11)12-7(9)10/h6H,4-5H2,1-3H3,(H5,9,10,11,12). The molecule has 0 saturated heterocycles. The molecule has 0 fully saturated rings. The van der Waals surface area contributed by atoms with Gasteiger partial charge in [-0.05, 0) is 20.3 Å². The summed E-state index contributed by atoms with van der Waals surface area (Å²) in [4.78, 5) is 5.55. The first-order valence-electron chi connectivity index (χ1n) is 4.47. The molecule has 5 N–H and O–H groups in total. The highest BCUT2D eigenvalue weighted by Crippen LogP contribution is 2.03. The Hall–Kier alpha value is -1.26. The Kier molecular flexibility index (Phi) is 4.87. The maximum Gasteiger partial charge on any atom is 0.221 e. The summed E-state index contributed by atoms with van der Waals surface area (Å²) in [5.41, 5.74) is 10.4. The highest BCUT2D eigenvalue weighted by atomic mass is 15.3. The Morgan fingerprint density at radius 2 is 2.00 bits per heavy atom. The SMILES string of the molecule is CCC(C)N(CC)C(=N)N=C(N)N.